The Kier molecular flexibility index (Phi) is 4.55. The Bertz CT molecular complexity index is 850. The lowest BCUT2D eigenvalue weighted by atomic mass is 10.1. The maximum atomic E-state index is 13.5. The van der Waals surface area contributed by atoms with E-state index < -0.39 is 15.8 Å². The first-order chi connectivity index (χ1) is 11.4. The van der Waals surface area contributed by atoms with Crippen LogP contribution in [0.25, 0.3) is 0 Å². The average molecular weight is 354 g/mol. The Morgan fingerprint density at radius 1 is 1.46 bits per heavy atom. The number of aryl methyl sites for hydroxylation is 2. The van der Waals surface area contributed by atoms with Crippen molar-refractivity contribution in [3.05, 3.63) is 35.7 Å². The lowest BCUT2D eigenvalue weighted by molar-refractivity contribution is 0.384. The molecule has 1 N–H and O–H groups in total. The summed E-state index contributed by atoms with van der Waals surface area (Å²) in [4.78, 5) is 4.38. The monoisotopic (exact) mass is 354 g/mol. The second kappa shape index (κ2) is 6.48. The zero-order valence-electron chi connectivity index (χ0n) is 13.5. The minimum Gasteiger partial charge on any atom is -0.494 e. The third-order valence-electron chi connectivity index (χ3n) is 3.97. The molecule has 9 heteroatoms. The number of fused-ring (bicyclic) bond motifs is 1. The number of halogens is 1. The molecule has 7 nitrogen and oxygen atoms in total. The van der Waals surface area contributed by atoms with Gasteiger partial charge in [0.2, 0.25) is 10.0 Å². The highest BCUT2D eigenvalue weighted by Gasteiger charge is 2.26. The van der Waals surface area contributed by atoms with Crippen LogP contribution in [0.15, 0.2) is 23.1 Å². The standard InChI is InChI=1S/C15H19FN4O3S/c1-3-14-17-15-7-4-10(9-20(15)18-14)19-24(21,22)11-5-6-12(16)13(8-11)23-2/h5-6,8,10,19H,3-4,7,9H2,1-2H3/t10-/m0/s1. The molecule has 1 aliphatic rings. The van der Waals surface area contributed by atoms with Crippen LogP contribution in [0, 0.1) is 5.82 Å². The molecule has 0 saturated heterocycles. The van der Waals surface area contributed by atoms with E-state index in [1.54, 1.807) is 4.68 Å². The first kappa shape index (κ1) is 16.8. The molecule has 0 spiro atoms. The van der Waals surface area contributed by atoms with Gasteiger partial charge in [-0.05, 0) is 18.6 Å². The molecular weight excluding hydrogens is 335 g/mol. The molecule has 0 fully saturated rings. The third-order valence-corrected chi connectivity index (χ3v) is 5.49. The molecule has 0 saturated carbocycles. The van der Waals surface area contributed by atoms with Crippen molar-refractivity contribution in [3.63, 3.8) is 0 Å². The minimum atomic E-state index is -3.77. The Labute approximate surface area is 139 Å². The van der Waals surface area contributed by atoms with Crippen LogP contribution in [0.5, 0.6) is 5.75 Å². The molecule has 0 aliphatic carbocycles. The summed E-state index contributed by atoms with van der Waals surface area (Å²) in [5.74, 6) is 0.934. The van der Waals surface area contributed by atoms with Crippen LogP contribution in [0.3, 0.4) is 0 Å². The van der Waals surface area contributed by atoms with Crippen molar-refractivity contribution in [2.75, 3.05) is 7.11 Å². The Balaban J connectivity index is 1.78. The fourth-order valence-electron chi connectivity index (χ4n) is 2.70. The number of rotatable bonds is 5. The van der Waals surface area contributed by atoms with Gasteiger partial charge in [-0.25, -0.2) is 27.2 Å². The molecule has 2 aromatic rings. The highest BCUT2D eigenvalue weighted by molar-refractivity contribution is 7.89. The van der Waals surface area contributed by atoms with E-state index in [0.29, 0.717) is 19.4 Å². The Morgan fingerprint density at radius 3 is 2.96 bits per heavy atom. The van der Waals surface area contributed by atoms with E-state index in [1.165, 1.54) is 19.2 Å². The number of benzene rings is 1. The maximum Gasteiger partial charge on any atom is 0.241 e. The molecule has 0 unspecified atom stereocenters. The average Bonchev–Trinajstić information content (AvgIpc) is 2.97. The van der Waals surface area contributed by atoms with Crippen LogP contribution in [0.4, 0.5) is 4.39 Å². The van der Waals surface area contributed by atoms with Crippen molar-refractivity contribution in [3.8, 4) is 5.75 Å². The fraction of sp³-hybridized carbons (Fsp3) is 0.467. The molecule has 1 atom stereocenters. The minimum absolute atomic E-state index is 0.0283. The van der Waals surface area contributed by atoms with Gasteiger partial charge in [-0.2, -0.15) is 5.10 Å². The molecule has 1 aromatic heterocycles. The summed E-state index contributed by atoms with van der Waals surface area (Å²) in [6.45, 7) is 2.41. The van der Waals surface area contributed by atoms with Crippen LogP contribution >= 0.6 is 0 Å². The molecule has 3 rings (SSSR count). The SMILES string of the molecule is CCc1nc2n(n1)C[C@@H](NS(=O)(=O)c1ccc(F)c(OC)c1)CC2. The molecule has 0 bridgehead atoms. The second-order valence-corrected chi connectivity index (χ2v) is 7.35. The van der Waals surface area contributed by atoms with Gasteiger partial charge in [0, 0.05) is 24.9 Å². The zero-order valence-corrected chi connectivity index (χ0v) is 14.3. The van der Waals surface area contributed by atoms with E-state index in [0.717, 1.165) is 24.1 Å². The Morgan fingerprint density at radius 2 is 2.25 bits per heavy atom. The summed E-state index contributed by atoms with van der Waals surface area (Å²) in [5.41, 5.74) is 0. The highest BCUT2D eigenvalue weighted by atomic mass is 32.2. The van der Waals surface area contributed by atoms with Gasteiger partial charge in [0.15, 0.2) is 17.4 Å². The largest absolute Gasteiger partial charge is 0.494 e. The normalized spacial score (nSPS) is 17.5. The van der Waals surface area contributed by atoms with E-state index in [4.69, 9.17) is 4.74 Å². The molecule has 0 amide bonds. The van der Waals surface area contributed by atoms with Crippen molar-refractivity contribution in [1.82, 2.24) is 19.5 Å². The molecule has 1 aromatic carbocycles. The molecule has 130 valence electrons. The summed E-state index contributed by atoms with van der Waals surface area (Å²) >= 11 is 0. The van der Waals surface area contributed by atoms with Crippen LogP contribution in [0.1, 0.15) is 25.0 Å². The maximum absolute atomic E-state index is 13.5. The van der Waals surface area contributed by atoms with Crippen molar-refractivity contribution < 1.29 is 17.5 Å². The smallest absolute Gasteiger partial charge is 0.241 e. The van der Waals surface area contributed by atoms with Gasteiger partial charge in [-0.15, -0.1) is 0 Å². The number of nitrogens with one attached hydrogen (secondary N) is 1. The predicted molar refractivity (Wildman–Crippen MR) is 84.8 cm³/mol. The molecular formula is C15H19FN4O3S. The molecule has 0 radical (unpaired) electrons. The van der Waals surface area contributed by atoms with Gasteiger partial charge in [-0.3, -0.25) is 0 Å². The number of hydrogen-bond donors (Lipinski definition) is 1. The zero-order chi connectivity index (χ0) is 17.3. The lowest BCUT2D eigenvalue weighted by Gasteiger charge is -2.23. The van der Waals surface area contributed by atoms with E-state index in [2.05, 4.69) is 14.8 Å². The van der Waals surface area contributed by atoms with Crippen molar-refractivity contribution in [1.29, 1.82) is 0 Å². The predicted octanol–water partition coefficient (Wildman–Crippen LogP) is 1.28. The first-order valence-corrected chi connectivity index (χ1v) is 9.19. The quantitative estimate of drug-likeness (QED) is 0.874. The number of hydrogen-bond acceptors (Lipinski definition) is 5. The Hall–Kier alpha value is -2.00. The number of sulfonamides is 1. The second-order valence-electron chi connectivity index (χ2n) is 5.63. The third kappa shape index (κ3) is 3.27. The van der Waals surface area contributed by atoms with Gasteiger partial charge in [0.05, 0.1) is 18.6 Å². The highest BCUT2D eigenvalue weighted by Crippen LogP contribution is 2.22. The van der Waals surface area contributed by atoms with Crippen molar-refractivity contribution >= 4 is 10.0 Å². The topological polar surface area (TPSA) is 86.1 Å². The van der Waals surface area contributed by atoms with E-state index in [9.17, 15) is 12.8 Å². The molecule has 1 aliphatic heterocycles. The number of aromatic nitrogens is 3. The molecule has 2 heterocycles. The van der Waals surface area contributed by atoms with Gasteiger partial charge in [-0.1, -0.05) is 6.92 Å². The van der Waals surface area contributed by atoms with Gasteiger partial charge in [0.1, 0.15) is 5.82 Å². The van der Waals surface area contributed by atoms with E-state index in [-0.39, 0.29) is 16.7 Å². The van der Waals surface area contributed by atoms with Crippen LogP contribution in [0.2, 0.25) is 0 Å². The van der Waals surface area contributed by atoms with Crippen LogP contribution in [-0.2, 0) is 29.4 Å². The van der Waals surface area contributed by atoms with Crippen molar-refractivity contribution in [2.45, 2.75) is 43.7 Å². The van der Waals surface area contributed by atoms with Crippen molar-refractivity contribution in [2.24, 2.45) is 0 Å². The summed E-state index contributed by atoms with van der Waals surface area (Å²) in [5, 5.41) is 4.36. The number of ether oxygens (including phenoxy) is 1. The van der Waals surface area contributed by atoms with Crippen LogP contribution < -0.4 is 9.46 Å². The summed E-state index contributed by atoms with van der Waals surface area (Å²) in [6, 6.07) is 3.19. The van der Waals surface area contributed by atoms with E-state index in [1.807, 2.05) is 6.92 Å². The summed E-state index contributed by atoms with van der Waals surface area (Å²) in [6.07, 6.45) is 2.04. The van der Waals surface area contributed by atoms with Gasteiger partial charge < -0.3 is 4.74 Å². The lowest BCUT2D eigenvalue weighted by Crippen LogP contribution is -2.41. The molecule has 24 heavy (non-hydrogen) atoms. The van der Waals surface area contributed by atoms with E-state index >= 15 is 0 Å². The van der Waals surface area contributed by atoms with Gasteiger partial charge in [0.25, 0.3) is 0 Å². The fourth-order valence-corrected chi connectivity index (χ4v) is 3.98. The summed E-state index contributed by atoms with van der Waals surface area (Å²) in [7, 11) is -2.48. The number of nitrogens with zero attached hydrogens (tertiary/aromatic N) is 3. The van der Waals surface area contributed by atoms with Gasteiger partial charge >= 0.3 is 0 Å². The van der Waals surface area contributed by atoms with Crippen LogP contribution in [-0.4, -0.2) is 36.3 Å². The number of methoxy groups -OCH3 is 1. The summed E-state index contributed by atoms with van der Waals surface area (Å²) < 4.78 is 47.7. The first-order valence-electron chi connectivity index (χ1n) is 7.71.